The number of likely N-dealkylation sites (tertiary alicyclic amines) is 1. The van der Waals surface area contributed by atoms with Gasteiger partial charge in [-0.25, -0.2) is 9.97 Å². The monoisotopic (exact) mass is 787 g/mol. The van der Waals surface area contributed by atoms with Gasteiger partial charge < -0.3 is 19.4 Å². The van der Waals surface area contributed by atoms with Crippen molar-refractivity contribution in [2.24, 2.45) is 16.8 Å². The van der Waals surface area contributed by atoms with E-state index >= 15 is 0 Å². The summed E-state index contributed by atoms with van der Waals surface area (Å²) < 4.78 is 5.96. The van der Waals surface area contributed by atoms with Crippen molar-refractivity contribution in [3.8, 4) is 5.75 Å². The van der Waals surface area contributed by atoms with E-state index in [2.05, 4.69) is 53.1 Å². The minimum Gasteiger partial charge on any atom is -0.491 e. The molecular formula is C44H53N9O5. The lowest BCUT2D eigenvalue weighted by molar-refractivity contribution is -0.136. The third-order valence-corrected chi connectivity index (χ3v) is 12.9. The van der Waals surface area contributed by atoms with Crippen molar-refractivity contribution in [3.05, 3.63) is 76.7 Å². The maximum Gasteiger partial charge on any atom is 0.262 e. The van der Waals surface area contributed by atoms with Gasteiger partial charge in [-0.3, -0.25) is 39.3 Å². The first kappa shape index (κ1) is 38.3. The molecule has 7 heterocycles. The molecule has 0 spiro atoms. The standard InChI is InChI=1S/C44H53N9O5/c1-28(2)58-33-5-3-31-24-45-41(35(31)22-33)37-23-39(47-27-46-37)52-19-17-49(18-20-52)13-9-29-10-14-50(25-29)26-30-11-15-51(16-12-30)32-4-6-34-36(21-32)44(57)53(43(34)56)38-7-8-40(54)48-42(38)55/h3-6,21-23,27-30,38H,7-20,24-26H2,1-2H3,(H,48,54,55)/t29-,38?/m1/s1. The smallest absolute Gasteiger partial charge is 0.262 e. The Hall–Kier alpha value is -5.21. The van der Waals surface area contributed by atoms with Gasteiger partial charge in [0.1, 0.15) is 23.9 Å². The van der Waals surface area contributed by atoms with Crippen LogP contribution >= 0.6 is 0 Å². The number of benzene rings is 2. The highest BCUT2D eigenvalue weighted by atomic mass is 16.5. The number of amides is 4. The van der Waals surface area contributed by atoms with Gasteiger partial charge in [0.2, 0.25) is 11.8 Å². The zero-order valence-corrected chi connectivity index (χ0v) is 33.6. The normalized spacial score (nSPS) is 23.2. The van der Waals surface area contributed by atoms with Crippen molar-refractivity contribution >= 4 is 40.8 Å². The Labute approximate surface area is 339 Å². The number of aliphatic imine (C=N–C) groups is 1. The van der Waals surface area contributed by atoms with Crippen LogP contribution in [0, 0.1) is 11.8 Å². The molecule has 6 aliphatic rings. The van der Waals surface area contributed by atoms with Gasteiger partial charge in [-0.2, -0.15) is 0 Å². The van der Waals surface area contributed by atoms with Crippen molar-refractivity contribution < 1.29 is 23.9 Å². The number of aromatic nitrogens is 2. The molecule has 2 aromatic carbocycles. The number of ether oxygens (including phenoxy) is 1. The average Bonchev–Trinajstić information content (AvgIpc) is 3.93. The predicted octanol–water partition coefficient (Wildman–Crippen LogP) is 3.77. The van der Waals surface area contributed by atoms with E-state index in [1.54, 1.807) is 12.4 Å². The third kappa shape index (κ3) is 7.83. The second-order valence-electron chi connectivity index (χ2n) is 17.1. The highest BCUT2D eigenvalue weighted by Crippen LogP contribution is 2.33. The Kier molecular flexibility index (Phi) is 10.7. The van der Waals surface area contributed by atoms with Gasteiger partial charge >= 0.3 is 0 Å². The summed E-state index contributed by atoms with van der Waals surface area (Å²) in [6, 6.07) is 12.8. The molecule has 2 atom stereocenters. The Morgan fingerprint density at radius 2 is 1.57 bits per heavy atom. The van der Waals surface area contributed by atoms with E-state index < -0.39 is 23.8 Å². The summed E-state index contributed by atoms with van der Waals surface area (Å²) in [5.74, 6) is 1.31. The van der Waals surface area contributed by atoms with Crippen LogP contribution in [0.4, 0.5) is 11.5 Å². The van der Waals surface area contributed by atoms with Gasteiger partial charge in [0.15, 0.2) is 0 Å². The predicted molar refractivity (Wildman–Crippen MR) is 219 cm³/mol. The fourth-order valence-electron chi connectivity index (χ4n) is 9.65. The fourth-order valence-corrected chi connectivity index (χ4v) is 9.65. The molecule has 14 heteroatoms. The molecule has 9 rings (SSSR count). The van der Waals surface area contributed by atoms with Gasteiger partial charge in [-0.1, -0.05) is 6.07 Å². The number of fused-ring (bicyclic) bond motifs is 2. The zero-order valence-electron chi connectivity index (χ0n) is 33.6. The Morgan fingerprint density at radius 1 is 0.776 bits per heavy atom. The fraction of sp³-hybridized carbons (Fsp3) is 0.523. The van der Waals surface area contributed by atoms with E-state index in [0.717, 1.165) is 110 Å². The summed E-state index contributed by atoms with van der Waals surface area (Å²) in [4.78, 5) is 75.7. The van der Waals surface area contributed by atoms with Crippen LogP contribution in [0.25, 0.3) is 0 Å². The molecule has 4 saturated heterocycles. The summed E-state index contributed by atoms with van der Waals surface area (Å²) in [6.07, 6.45) is 6.71. The number of anilines is 2. The molecule has 0 aliphatic carbocycles. The van der Waals surface area contributed by atoms with Crippen molar-refractivity contribution in [3.63, 3.8) is 0 Å². The highest BCUT2D eigenvalue weighted by Gasteiger charge is 2.45. The van der Waals surface area contributed by atoms with E-state index in [9.17, 15) is 19.2 Å². The van der Waals surface area contributed by atoms with E-state index in [-0.39, 0.29) is 24.9 Å². The van der Waals surface area contributed by atoms with Gasteiger partial charge in [0.05, 0.1) is 35.2 Å². The molecule has 3 aromatic rings. The van der Waals surface area contributed by atoms with Crippen molar-refractivity contribution in [2.45, 2.75) is 71.1 Å². The summed E-state index contributed by atoms with van der Waals surface area (Å²) in [5, 5.41) is 2.26. The molecule has 1 N–H and O–H groups in total. The average molecular weight is 788 g/mol. The molecule has 4 amide bonds. The van der Waals surface area contributed by atoms with Crippen molar-refractivity contribution in [2.75, 3.05) is 75.2 Å². The lowest BCUT2D eigenvalue weighted by atomic mass is 9.95. The molecule has 6 aliphatic heterocycles. The molecule has 0 radical (unpaired) electrons. The molecule has 1 aromatic heterocycles. The summed E-state index contributed by atoms with van der Waals surface area (Å²) >= 11 is 0. The number of carbonyl (C=O) groups excluding carboxylic acids is 4. The summed E-state index contributed by atoms with van der Waals surface area (Å²) in [7, 11) is 0. The summed E-state index contributed by atoms with van der Waals surface area (Å²) in [6.45, 7) is 15.1. The van der Waals surface area contributed by atoms with Crippen LogP contribution in [0.1, 0.15) is 89.9 Å². The first-order chi connectivity index (χ1) is 28.2. The van der Waals surface area contributed by atoms with Crippen LogP contribution in [0.2, 0.25) is 0 Å². The minimum absolute atomic E-state index is 0.110. The highest BCUT2D eigenvalue weighted by molar-refractivity contribution is 6.23. The second kappa shape index (κ2) is 16.2. The number of rotatable bonds is 11. The van der Waals surface area contributed by atoms with Crippen LogP contribution < -0.4 is 19.9 Å². The number of piperidine rings is 2. The van der Waals surface area contributed by atoms with E-state index in [4.69, 9.17) is 9.73 Å². The lowest BCUT2D eigenvalue weighted by Crippen LogP contribution is -2.54. The van der Waals surface area contributed by atoms with Gasteiger partial charge in [-0.15, -0.1) is 0 Å². The third-order valence-electron chi connectivity index (χ3n) is 12.9. The molecule has 304 valence electrons. The first-order valence-electron chi connectivity index (χ1n) is 21.1. The van der Waals surface area contributed by atoms with Crippen LogP contribution in [-0.2, 0) is 16.1 Å². The SMILES string of the molecule is CC(C)Oc1ccc2c(c1)C(c1cc(N3CCN(CC[C@@H]4CCN(CC5CCN(c6ccc7c(c6)C(=O)N(C6CCC(=O)NC6=O)C7=O)CC5)C4)CC3)ncn1)=NC2. The van der Waals surface area contributed by atoms with E-state index in [1.807, 2.05) is 32.0 Å². The van der Waals surface area contributed by atoms with Crippen molar-refractivity contribution in [1.82, 2.24) is 30.0 Å². The molecule has 4 fully saturated rings. The molecule has 0 saturated carbocycles. The largest absolute Gasteiger partial charge is 0.491 e. The molecule has 14 nitrogen and oxygen atoms in total. The number of imide groups is 2. The number of nitrogens with zero attached hydrogens (tertiary/aromatic N) is 8. The Balaban J connectivity index is 0.705. The van der Waals surface area contributed by atoms with Crippen LogP contribution in [0.15, 0.2) is 53.8 Å². The van der Waals surface area contributed by atoms with E-state index in [1.165, 1.54) is 31.5 Å². The maximum atomic E-state index is 13.3. The second-order valence-corrected chi connectivity index (χ2v) is 17.1. The molecule has 58 heavy (non-hydrogen) atoms. The lowest BCUT2D eigenvalue weighted by Gasteiger charge is -2.36. The minimum atomic E-state index is -0.950. The number of piperazine rings is 1. The van der Waals surface area contributed by atoms with Gasteiger partial charge in [0, 0.05) is 76.1 Å². The van der Waals surface area contributed by atoms with E-state index in [0.29, 0.717) is 23.6 Å². The quantitative estimate of drug-likeness (QED) is 0.284. The Morgan fingerprint density at radius 3 is 2.36 bits per heavy atom. The maximum absolute atomic E-state index is 13.3. The first-order valence-corrected chi connectivity index (χ1v) is 21.1. The zero-order chi connectivity index (χ0) is 39.9. The molecule has 0 bridgehead atoms. The number of carbonyl (C=O) groups is 4. The molecule has 1 unspecified atom stereocenters. The van der Waals surface area contributed by atoms with Gasteiger partial charge in [-0.05, 0) is 107 Å². The van der Waals surface area contributed by atoms with Crippen LogP contribution in [0.3, 0.4) is 0 Å². The topological polar surface area (TPSA) is 144 Å². The number of nitrogens with one attached hydrogen (secondary N) is 1. The van der Waals surface area contributed by atoms with Crippen LogP contribution in [0.5, 0.6) is 5.75 Å². The Bertz CT molecular complexity index is 2120. The number of hydrogen-bond donors (Lipinski definition) is 1. The summed E-state index contributed by atoms with van der Waals surface area (Å²) in [5.41, 5.74) is 5.67. The van der Waals surface area contributed by atoms with Crippen molar-refractivity contribution in [1.29, 1.82) is 0 Å². The van der Waals surface area contributed by atoms with Gasteiger partial charge in [0.25, 0.3) is 11.8 Å². The van der Waals surface area contributed by atoms with Crippen LogP contribution in [-0.4, -0.2) is 132 Å². The molecular weight excluding hydrogens is 735 g/mol. The number of hydrogen-bond acceptors (Lipinski definition) is 12.